The largest absolute Gasteiger partial charge is 0.391 e. The summed E-state index contributed by atoms with van der Waals surface area (Å²) in [5.41, 5.74) is 0. The molecule has 0 fully saturated rings. The van der Waals surface area contributed by atoms with Crippen molar-refractivity contribution in [1.29, 1.82) is 0 Å². The second kappa shape index (κ2) is 8.52. The summed E-state index contributed by atoms with van der Waals surface area (Å²) >= 11 is 0. The third-order valence-corrected chi connectivity index (χ3v) is 2.41. The minimum atomic E-state index is -0.573. The van der Waals surface area contributed by atoms with Gasteiger partial charge in [0.2, 0.25) is 0 Å². The number of hydrogen-bond donors (Lipinski definition) is 2. The lowest BCUT2D eigenvalue weighted by Crippen LogP contribution is -2.21. The van der Waals surface area contributed by atoms with Gasteiger partial charge in [-0.25, -0.2) is 0 Å². The molecule has 0 bridgehead atoms. The fourth-order valence-corrected chi connectivity index (χ4v) is 1.38. The highest BCUT2D eigenvalue weighted by atomic mass is 16.3. The molecule has 0 saturated heterocycles. The summed E-state index contributed by atoms with van der Waals surface area (Å²) < 4.78 is 0. The Labute approximate surface area is 82.0 Å². The van der Waals surface area contributed by atoms with Crippen LogP contribution in [0.4, 0.5) is 0 Å². The van der Waals surface area contributed by atoms with Crippen molar-refractivity contribution in [3.05, 3.63) is 0 Å². The molecule has 13 heavy (non-hydrogen) atoms. The molecule has 0 amide bonds. The zero-order chi connectivity index (χ0) is 10.1. The van der Waals surface area contributed by atoms with E-state index >= 15 is 0 Å². The summed E-state index contributed by atoms with van der Waals surface area (Å²) in [6.45, 7) is 3.85. The molecule has 2 N–H and O–H groups in total. The molecule has 2 atom stereocenters. The smallest absolute Gasteiger partial charge is 0.0796 e. The monoisotopic (exact) mass is 188 g/mol. The van der Waals surface area contributed by atoms with Crippen LogP contribution in [0.15, 0.2) is 0 Å². The van der Waals surface area contributed by atoms with Crippen LogP contribution in [0, 0.1) is 0 Å². The minimum Gasteiger partial charge on any atom is -0.391 e. The quantitative estimate of drug-likeness (QED) is 0.574. The normalized spacial score (nSPS) is 15.7. The van der Waals surface area contributed by atoms with Gasteiger partial charge in [-0.05, 0) is 13.3 Å². The van der Waals surface area contributed by atoms with E-state index in [4.69, 9.17) is 5.11 Å². The van der Waals surface area contributed by atoms with Gasteiger partial charge in [0.15, 0.2) is 0 Å². The highest BCUT2D eigenvalue weighted by Gasteiger charge is 2.09. The van der Waals surface area contributed by atoms with Crippen molar-refractivity contribution in [2.75, 3.05) is 0 Å². The van der Waals surface area contributed by atoms with E-state index in [2.05, 4.69) is 6.92 Å². The Kier molecular flexibility index (Phi) is 8.46. The maximum atomic E-state index is 9.28. The molecule has 80 valence electrons. The fraction of sp³-hybridized carbons (Fsp3) is 1.00. The van der Waals surface area contributed by atoms with Crippen LogP contribution in [-0.4, -0.2) is 22.4 Å². The van der Waals surface area contributed by atoms with Crippen molar-refractivity contribution in [3.63, 3.8) is 0 Å². The summed E-state index contributed by atoms with van der Waals surface area (Å²) in [6, 6.07) is 0. The van der Waals surface area contributed by atoms with Crippen molar-refractivity contribution in [2.24, 2.45) is 0 Å². The predicted molar refractivity (Wildman–Crippen MR) is 55.7 cm³/mol. The van der Waals surface area contributed by atoms with Crippen LogP contribution in [0.25, 0.3) is 0 Å². The number of hydrogen-bond acceptors (Lipinski definition) is 2. The van der Waals surface area contributed by atoms with Crippen LogP contribution >= 0.6 is 0 Å². The molecule has 0 aromatic rings. The van der Waals surface area contributed by atoms with E-state index < -0.39 is 12.2 Å². The predicted octanol–water partition coefficient (Wildman–Crippen LogP) is 2.48. The number of aliphatic hydroxyl groups is 2. The fourth-order valence-electron chi connectivity index (χ4n) is 1.38. The van der Waals surface area contributed by atoms with Crippen molar-refractivity contribution < 1.29 is 10.2 Å². The van der Waals surface area contributed by atoms with Crippen molar-refractivity contribution in [2.45, 2.75) is 71.0 Å². The second-order valence-electron chi connectivity index (χ2n) is 3.86. The first-order valence-corrected chi connectivity index (χ1v) is 5.54. The van der Waals surface area contributed by atoms with Crippen molar-refractivity contribution in [3.8, 4) is 0 Å². The molecule has 0 aliphatic carbocycles. The molecule has 0 rings (SSSR count). The molecule has 0 saturated carbocycles. The molecule has 2 nitrogen and oxygen atoms in total. The Morgan fingerprint density at radius 1 is 0.923 bits per heavy atom. The molecule has 0 aliphatic rings. The lowest BCUT2D eigenvalue weighted by atomic mass is 10.0. The van der Waals surface area contributed by atoms with Gasteiger partial charge in [-0.2, -0.15) is 0 Å². The second-order valence-corrected chi connectivity index (χ2v) is 3.86. The lowest BCUT2D eigenvalue weighted by molar-refractivity contribution is 0.0247. The maximum absolute atomic E-state index is 9.28. The number of unbranched alkanes of at least 4 members (excludes halogenated alkanes) is 5. The zero-order valence-electron chi connectivity index (χ0n) is 9.00. The summed E-state index contributed by atoms with van der Waals surface area (Å²) in [5.74, 6) is 0. The van der Waals surface area contributed by atoms with Gasteiger partial charge in [0, 0.05) is 0 Å². The Morgan fingerprint density at radius 3 is 2.00 bits per heavy atom. The molecule has 0 radical (unpaired) electrons. The average Bonchev–Trinajstić information content (AvgIpc) is 2.10. The van der Waals surface area contributed by atoms with Crippen LogP contribution in [0.3, 0.4) is 0 Å². The molecule has 0 spiro atoms. The van der Waals surface area contributed by atoms with E-state index in [0.29, 0.717) is 0 Å². The first kappa shape index (κ1) is 12.9. The van der Waals surface area contributed by atoms with E-state index in [1.807, 2.05) is 0 Å². The van der Waals surface area contributed by atoms with Crippen LogP contribution in [-0.2, 0) is 0 Å². The summed E-state index contributed by atoms with van der Waals surface area (Å²) in [4.78, 5) is 0. The third-order valence-electron chi connectivity index (χ3n) is 2.41. The maximum Gasteiger partial charge on any atom is 0.0796 e. The van der Waals surface area contributed by atoms with Crippen LogP contribution < -0.4 is 0 Å². The van der Waals surface area contributed by atoms with Gasteiger partial charge < -0.3 is 10.2 Å². The Bertz CT molecular complexity index is 102. The van der Waals surface area contributed by atoms with E-state index in [-0.39, 0.29) is 0 Å². The lowest BCUT2D eigenvalue weighted by Gasteiger charge is -2.12. The van der Waals surface area contributed by atoms with Gasteiger partial charge >= 0.3 is 0 Å². The molecule has 0 heterocycles. The molecular weight excluding hydrogens is 164 g/mol. The molecular formula is C11H24O2. The molecule has 2 unspecified atom stereocenters. The molecule has 0 aromatic carbocycles. The zero-order valence-corrected chi connectivity index (χ0v) is 9.00. The van der Waals surface area contributed by atoms with E-state index in [1.54, 1.807) is 6.92 Å². The van der Waals surface area contributed by atoms with Gasteiger partial charge in [0.25, 0.3) is 0 Å². The summed E-state index contributed by atoms with van der Waals surface area (Å²) in [5, 5.41) is 18.3. The topological polar surface area (TPSA) is 40.5 Å². The minimum absolute atomic E-state index is 0.522. The van der Waals surface area contributed by atoms with Gasteiger partial charge in [-0.3, -0.25) is 0 Å². The molecule has 0 aliphatic heterocycles. The van der Waals surface area contributed by atoms with Gasteiger partial charge in [0.1, 0.15) is 0 Å². The van der Waals surface area contributed by atoms with Crippen molar-refractivity contribution in [1.82, 2.24) is 0 Å². The van der Waals surface area contributed by atoms with E-state index in [9.17, 15) is 5.11 Å². The van der Waals surface area contributed by atoms with Crippen LogP contribution in [0.2, 0.25) is 0 Å². The first-order chi connectivity index (χ1) is 6.18. The summed E-state index contributed by atoms with van der Waals surface area (Å²) in [7, 11) is 0. The Hall–Kier alpha value is -0.0800. The third kappa shape index (κ3) is 8.26. The molecule has 0 aromatic heterocycles. The standard InChI is InChI=1S/C11H24O2/c1-3-4-5-6-7-8-9-11(13)10(2)12/h10-13H,3-9H2,1-2H3. The van der Waals surface area contributed by atoms with Crippen LogP contribution in [0.1, 0.15) is 58.8 Å². The Balaban J connectivity index is 3.07. The summed E-state index contributed by atoms with van der Waals surface area (Å²) in [6.07, 6.45) is 7.03. The highest BCUT2D eigenvalue weighted by Crippen LogP contribution is 2.09. The number of aliphatic hydroxyl groups excluding tert-OH is 2. The van der Waals surface area contributed by atoms with Crippen LogP contribution in [0.5, 0.6) is 0 Å². The van der Waals surface area contributed by atoms with Gasteiger partial charge in [0.05, 0.1) is 12.2 Å². The average molecular weight is 188 g/mol. The number of rotatable bonds is 8. The Morgan fingerprint density at radius 2 is 1.46 bits per heavy atom. The van der Waals surface area contributed by atoms with Gasteiger partial charge in [-0.1, -0.05) is 45.4 Å². The molecule has 2 heteroatoms. The SMILES string of the molecule is CCCCCCCCC(O)C(C)O. The van der Waals surface area contributed by atoms with E-state index in [0.717, 1.165) is 12.8 Å². The van der Waals surface area contributed by atoms with Crippen molar-refractivity contribution >= 4 is 0 Å². The van der Waals surface area contributed by atoms with Gasteiger partial charge in [-0.15, -0.1) is 0 Å². The van der Waals surface area contributed by atoms with E-state index in [1.165, 1.54) is 32.1 Å². The first-order valence-electron chi connectivity index (χ1n) is 5.54. The highest BCUT2D eigenvalue weighted by molar-refractivity contribution is 4.61.